The maximum Gasteiger partial charge on any atom is 0.413 e. The van der Waals surface area contributed by atoms with E-state index in [4.69, 9.17) is 21.7 Å². The zero-order valence-electron chi connectivity index (χ0n) is 10.8. The van der Waals surface area contributed by atoms with Gasteiger partial charge in [-0.2, -0.15) is 0 Å². The Balaban J connectivity index is 2.19. The molecule has 6 nitrogen and oxygen atoms in total. The fourth-order valence-electron chi connectivity index (χ4n) is 1.19. The lowest BCUT2D eigenvalue weighted by Crippen LogP contribution is -2.40. The number of ether oxygens (including phenoxy) is 3. The van der Waals surface area contributed by atoms with E-state index in [1.54, 1.807) is 7.11 Å². The molecule has 0 unspecified atom stereocenters. The van der Waals surface area contributed by atoms with Crippen molar-refractivity contribution in [3.05, 3.63) is 24.3 Å². The summed E-state index contributed by atoms with van der Waals surface area (Å²) < 4.78 is 14.9. The number of carbonyl (C=O) groups excluding carboxylic acids is 1. The van der Waals surface area contributed by atoms with Crippen LogP contribution in [0, 0.1) is 0 Å². The molecule has 0 saturated carbocycles. The van der Waals surface area contributed by atoms with Crippen LogP contribution in [0.25, 0.3) is 0 Å². The van der Waals surface area contributed by atoms with Crippen molar-refractivity contribution in [2.45, 2.75) is 0 Å². The summed E-state index contributed by atoms with van der Waals surface area (Å²) in [6, 6.07) is 7.24. The minimum atomic E-state index is -0.603. The van der Waals surface area contributed by atoms with E-state index in [1.807, 2.05) is 24.3 Å². The summed E-state index contributed by atoms with van der Waals surface area (Å²) in [6.07, 6.45) is -0.603. The van der Waals surface area contributed by atoms with Crippen molar-refractivity contribution >= 4 is 23.4 Å². The molecule has 1 aromatic rings. The van der Waals surface area contributed by atoms with Gasteiger partial charge >= 0.3 is 6.09 Å². The van der Waals surface area contributed by atoms with Gasteiger partial charge in [0.1, 0.15) is 18.1 Å². The molecule has 0 radical (unpaired) electrons. The molecule has 0 bridgehead atoms. The maximum absolute atomic E-state index is 10.8. The Kier molecular flexibility index (Phi) is 6.45. The molecule has 1 aromatic carbocycles. The van der Waals surface area contributed by atoms with Crippen molar-refractivity contribution in [3.63, 3.8) is 0 Å². The van der Waals surface area contributed by atoms with Crippen LogP contribution in [0.15, 0.2) is 24.3 Å². The topological polar surface area (TPSA) is 68.8 Å². The molecule has 0 aliphatic rings. The van der Waals surface area contributed by atoms with Crippen LogP contribution in [0.5, 0.6) is 11.5 Å². The van der Waals surface area contributed by atoms with E-state index < -0.39 is 6.09 Å². The maximum atomic E-state index is 10.8. The first-order chi connectivity index (χ1) is 9.15. The fraction of sp³-hybridized carbons (Fsp3) is 0.333. The van der Waals surface area contributed by atoms with E-state index in [0.29, 0.717) is 13.2 Å². The average Bonchev–Trinajstić information content (AvgIpc) is 2.44. The van der Waals surface area contributed by atoms with Crippen LogP contribution >= 0.6 is 12.2 Å². The van der Waals surface area contributed by atoms with Gasteiger partial charge in [-0.15, -0.1) is 0 Å². The lowest BCUT2D eigenvalue weighted by atomic mass is 10.3. The van der Waals surface area contributed by atoms with E-state index in [2.05, 4.69) is 15.4 Å². The van der Waals surface area contributed by atoms with Crippen LogP contribution in [0.1, 0.15) is 0 Å². The summed E-state index contributed by atoms with van der Waals surface area (Å²) in [6.45, 7) is 0.879. The molecule has 0 aliphatic heterocycles. The van der Waals surface area contributed by atoms with Crippen molar-refractivity contribution < 1.29 is 19.0 Å². The lowest BCUT2D eigenvalue weighted by molar-refractivity contribution is 0.176. The van der Waals surface area contributed by atoms with Gasteiger partial charge in [-0.05, 0) is 36.5 Å². The molecule has 2 N–H and O–H groups in total. The normalized spacial score (nSPS) is 9.37. The summed E-state index contributed by atoms with van der Waals surface area (Å²) in [5.41, 5.74) is 0. The molecule has 7 heteroatoms. The van der Waals surface area contributed by atoms with Gasteiger partial charge in [0.05, 0.1) is 20.8 Å². The molecule has 0 aliphatic carbocycles. The van der Waals surface area contributed by atoms with Gasteiger partial charge < -0.3 is 19.5 Å². The van der Waals surface area contributed by atoms with Gasteiger partial charge in [0.25, 0.3) is 0 Å². The van der Waals surface area contributed by atoms with Crippen molar-refractivity contribution in [2.24, 2.45) is 0 Å². The van der Waals surface area contributed by atoms with Gasteiger partial charge in [0.15, 0.2) is 5.11 Å². The Morgan fingerprint density at radius 3 is 2.42 bits per heavy atom. The van der Waals surface area contributed by atoms with E-state index in [9.17, 15) is 4.79 Å². The number of hydrogen-bond donors (Lipinski definition) is 2. The summed E-state index contributed by atoms with van der Waals surface area (Å²) >= 11 is 4.86. The Hall–Kier alpha value is -2.02. The molecule has 0 spiro atoms. The van der Waals surface area contributed by atoms with Crippen LogP contribution in [0.3, 0.4) is 0 Å². The van der Waals surface area contributed by atoms with Gasteiger partial charge in [0.2, 0.25) is 0 Å². The minimum Gasteiger partial charge on any atom is -0.497 e. The first-order valence-corrected chi connectivity index (χ1v) is 5.96. The molecule has 0 saturated heterocycles. The van der Waals surface area contributed by atoms with Gasteiger partial charge in [-0.3, -0.25) is 5.32 Å². The number of alkyl carbamates (subject to hydrolysis) is 1. The SMILES string of the molecule is COC(=O)NC(=S)NCCOc1ccc(OC)cc1. The standard InChI is InChI=1S/C12H16N2O4S/c1-16-9-3-5-10(6-4-9)18-8-7-13-11(19)14-12(15)17-2/h3-6H,7-8H2,1-2H3,(H2,13,14,15,19). The number of hydrogen-bond acceptors (Lipinski definition) is 5. The smallest absolute Gasteiger partial charge is 0.413 e. The molecule has 0 atom stereocenters. The molecule has 1 rings (SSSR count). The predicted molar refractivity (Wildman–Crippen MR) is 74.6 cm³/mol. The number of methoxy groups -OCH3 is 2. The van der Waals surface area contributed by atoms with Crippen molar-refractivity contribution in [3.8, 4) is 11.5 Å². The first kappa shape index (κ1) is 15.0. The highest BCUT2D eigenvalue weighted by Gasteiger charge is 2.02. The molecule has 1 amide bonds. The summed E-state index contributed by atoms with van der Waals surface area (Å²) in [4.78, 5) is 10.8. The van der Waals surface area contributed by atoms with Crippen molar-refractivity contribution in [1.29, 1.82) is 0 Å². The number of amides is 1. The van der Waals surface area contributed by atoms with Crippen LogP contribution in [0.2, 0.25) is 0 Å². The predicted octanol–water partition coefficient (Wildman–Crippen LogP) is 1.30. The highest BCUT2D eigenvalue weighted by Crippen LogP contribution is 2.16. The highest BCUT2D eigenvalue weighted by atomic mass is 32.1. The summed E-state index contributed by atoms with van der Waals surface area (Å²) in [7, 11) is 2.87. The number of rotatable bonds is 5. The molecular weight excluding hydrogens is 268 g/mol. The van der Waals surface area contributed by atoms with Crippen LogP contribution < -0.4 is 20.1 Å². The van der Waals surface area contributed by atoms with Crippen LogP contribution in [-0.4, -0.2) is 38.6 Å². The van der Waals surface area contributed by atoms with E-state index in [-0.39, 0.29) is 5.11 Å². The molecule has 0 fully saturated rings. The van der Waals surface area contributed by atoms with Crippen molar-refractivity contribution in [1.82, 2.24) is 10.6 Å². The van der Waals surface area contributed by atoms with Gasteiger partial charge in [-0.25, -0.2) is 4.79 Å². The number of thiocarbonyl (C=S) groups is 1. The molecule has 0 heterocycles. The molecule has 104 valence electrons. The third-order valence-electron chi connectivity index (χ3n) is 2.12. The monoisotopic (exact) mass is 284 g/mol. The number of nitrogens with one attached hydrogen (secondary N) is 2. The van der Waals surface area contributed by atoms with Crippen molar-refractivity contribution in [2.75, 3.05) is 27.4 Å². The minimum absolute atomic E-state index is 0.199. The van der Waals surface area contributed by atoms with Gasteiger partial charge in [0, 0.05) is 0 Å². The first-order valence-electron chi connectivity index (χ1n) is 5.55. The quantitative estimate of drug-likeness (QED) is 0.627. The second-order valence-corrected chi connectivity index (χ2v) is 3.80. The molecular formula is C12H16N2O4S. The Bertz CT molecular complexity index is 422. The number of benzene rings is 1. The van der Waals surface area contributed by atoms with E-state index >= 15 is 0 Å². The largest absolute Gasteiger partial charge is 0.497 e. The Morgan fingerprint density at radius 1 is 1.21 bits per heavy atom. The molecule has 19 heavy (non-hydrogen) atoms. The highest BCUT2D eigenvalue weighted by molar-refractivity contribution is 7.80. The van der Waals surface area contributed by atoms with E-state index in [0.717, 1.165) is 11.5 Å². The zero-order chi connectivity index (χ0) is 14.1. The second kappa shape index (κ2) is 8.15. The summed E-state index contributed by atoms with van der Waals surface area (Å²) in [5, 5.41) is 5.34. The second-order valence-electron chi connectivity index (χ2n) is 3.40. The lowest BCUT2D eigenvalue weighted by Gasteiger charge is -2.10. The van der Waals surface area contributed by atoms with Crippen LogP contribution in [-0.2, 0) is 4.74 Å². The third kappa shape index (κ3) is 5.91. The van der Waals surface area contributed by atoms with E-state index in [1.165, 1.54) is 7.11 Å². The zero-order valence-corrected chi connectivity index (χ0v) is 11.6. The molecule has 0 aromatic heterocycles. The van der Waals surface area contributed by atoms with Gasteiger partial charge in [-0.1, -0.05) is 0 Å². The summed E-state index contributed by atoms with van der Waals surface area (Å²) in [5.74, 6) is 1.50. The Labute approximate surface area is 117 Å². The average molecular weight is 284 g/mol. The number of carbonyl (C=O) groups is 1. The third-order valence-corrected chi connectivity index (χ3v) is 2.36. The Morgan fingerprint density at radius 2 is 1.84 bits per heavy atom. The van der Waals surface area contributed by atoms with Crippen LogP contribution in [0.4, 0.5) is 4.79 Å². The fourth-order valence-corrected chi connectivity index (χ4v) is 1.38.